The fourth-order valence-electron chi connectivity index (χ4n) is 3.35. The van der Waals surface area contributed by atoms with E-state index in [1.807, 2.05) is 60.6 Å². The SMILES string of the molecule is Cc1ccc(NC(=O)N2CCN(c3cc(-n4cnc(C)c4C)ncn3)CC2)cc1. The first-order chi connectivity index (χ1) is 14.0. The average Bonchev–Trinajstić information content (AvgIpc) is 3.08. The monoisotopic (exact) mass is 391 g/mol. The lowest BCUT2D eigenvalue weighted by Crippen LogP contribution is -2.50. The summed E-state index contributed by atoms with van der Waals surface area (Å²) in [6.45, 7) is 8.75. The summed E-state index contributed by atoms with van der Waals surface area (Å²) in [5, 5.41) is 2.97. The van der Waals surface area contributed by atoms with Crippen molar-refractivity contribution >= 4 is 17.5 Å². The number of nitrogens with one attached hydrogen (secondary N) is 1. The van der Waals surface area contributed by atoms with Gasteiger partial charge < -0.3 is 15.1 Å². The molecule has 1 N–H and O–H groups in total. The molecule has 8 nitrogen and oxygen atoms in total. The smallest absolute Gasteiger partial charge is 0.321 e. The summed E-state index contributed by atoms with van der Waals surface area (Å²) in [4.78, 5) is 29.7. The number of carbonyl (C=O) groups excluding carboxylic acids is 1. The molecule has 1 fully saturated rings. The summed E-state index contributed by atoms with van der Waals surface area (Å²) >= 11 is 0. The van der Waals surface area contributed by atoms with E-state index in [9.17, 15) is 4.79 Å². The standard InChI is InChI=1S/C21H25N7O/c1-15-4-6-18(7-5-15)25-21(29)27-10-8-26(9-11-27)19-12-20(23-13-22-19)28-14-24-16(2)17(28)3/h4-7,12-14H,8-11H2,1-3H3,(H,25,29). The number of anilines is 2. The van der Waals surface area contributed by atoms with E-state index in [1.165, 1.54) is 5.56 Å². The van der Waals surface area contributed by atoms with Gasteiger partial charge in [-0.15, -0.1) is 0 Å². The molecule has 0 bridgehead atoms. The lowest BCUT2D eigenvalue weighted by atomic mass is 10.2. The van der Waals surface area contributed by atoms with Crippen LogP contribution in [0.15, 0.2) is 43.0 Å². The van der Waals surface area contributed by atoms with Crippen LogP contribution in [0.2, 0.25) is 0 Å². The average molecular weight is 391 g/mol. The highest BCUT2D eigenvalue weighted by Crippen LogP contribution is 2.18. The summed E-state index contributed by atoms with van der Waals surface area (Å²) in [5.74, 6) is 1.66. The molecule has 2 amide bonds. The number of aromatic nitrogens is 4. The van der Waals surface area contributed by atoms with Gasteiger partial charge in [-0.05, 0) is 32.9 Å². The van der Waals surface area contributed by atoms with E-state index >= 15 is 0 Å². The first-order valence-corrected chi connectivity index (χ1v) is 9.72. The molecule has 150 valence electrons. The number of benzene rings is 1. The largest absolute Gasteiger partial charge is 0.353 e. The fourth-order valence-corrected chi connectivity index (χ4v) is 3.35. The first-order valence-electron chi connectivity index (χ1n) is 9.72. The number of hydrogen-bond acceptors (Lipinski definition) is 5. The van der Waals surface area contributed by atoms with E-state index in [1.54, 1.807) is 12.7 Å². The zero-order chi connectivity index (χ0) is 20.4. The Balaban J connectivity index is 1.39. The van der Waals surface area contributed by atoms with Crippen molar-refractivity contribution in [1.82, 2.24) is 24.4 Å². The molecule has 2 aromatic heterocycles. The van der Waals surface area contributed by atoms with Gasteiger partial charge in [-0.1, -0.05) is 17.7 Å². The molecule has 8 heteroatoms. The zero-order valence-corrected chi connectivity index (χ0v) is 17.0. The Kier molecular flexibility index (Phi) is 5.16. The maximum absolute atomic E-state index is 12.5. The number of aryl methyl sites for hydroxylation is 2. The number of urea groups is 1. The Morgan fingerprint density at radius 2 is 1.62 bits per heavy atom. The second kappa shape index (κ2) is 7.90. The lowest BCUT2D eigenvalue weighted by Gasteiger charge is -2.35. The van der Waals surface area contributed by atoms with Crippen LogP contribution in [0.3, 0.4) is 0 Å². The van der Waals surface area contributed by atoms with Crippen molar-refractivity contribution in [3.05, 3.63) is 59.9 Å². The summed E-state index contributed by atoms with van der Waals surface area (Å²) in [5.41, 5.74) is 4.03. The summed E-state index contributed by atoms with van der Waals surface area (Å²) in [6.07, 6.45) is 3.36. The molecule has 4 rings (SSSR count). The highest BCUT2D eigenvalue weighted by Gasteiger charge is 2.22. The van der Waals surface area contributed by atoms with E-state index in [0.717, 1.165) is 41.8 Å². The van der Waals surface area contributed by atoms with Gasteiger partial charge in [0.1, 0.15) is 24.3 Å². The van der Waals surface area contributed by atoms with E-state index in [2.05, 4.69) is 25.2 Å². The van der Waals surface area contributed by atoms with Crippen LogP contribution in [-0.2, 0) is 0 Å². The molecule has 1 aliphatic rings. The van der Waals surface area contributed by atoms with E-state index in [0.29, 0.717) is 13.1 Å². The quantitative estimate of drug-likeness (QED) is 0.743. The Morgan fingerprint density at radius 1 is 0.931 bits per heavy atom. The zero-order valence-electron chi connectivity index (χ0n) is 17.0. The van der Waals surface area contributed by atoms with Crippen molar-refractivity contribution in [2.75, 3.05) is 36.4 Å². The number of carbonyl (C=O) groups is 1. The minimum Gasteiger partial charge on any atom is -0.353 e. The Hall–Kier alpha value is -3.42. The number of amides is 2. The summed E-state index contributed by atoms with van der Waals surface area (Å²) in [6, 6.07) is 9.72. The van der Waals surface area contributed by atoms with Gasteiger partial charge in [0, 0.05) is 43.6 Å². The van der Waals surface area contributed by atoms with Crippen LogP contribution in [0, 0.1) is 20.8 Å². The first kappa shape index (κ1) is 18.9. The molecule has 1 saturated heterocycles. The summed E-state index contributed by atoms with van der Waals surface area (Å²) < 4.78 is 1.96. The minimum atomic E-state index is -0.0682. The number of rotatable bonds is 3. The molecular weight excluding hydrogens is 366 g/mol. The van der Waals surface area contributed by atoms with Gasteiger partial charge >= 0.3 is 6.03 Å². The van der Waals surface area contributed by atoms with E-state index in [4.69, 9.17) is 0 Å². The van der Waals surface area contributed by atoms with Crippen LogP contribution in [0.5, 0.6) is 0 Å². The highest BCUT2D eigenvalue weighted by molar-refractivity contribution is 5.89. The van der Waals surface area contributed by atoms with Gasteiger partial charge in [-0.3, -0.25) is 4.57 Å². The molecule has 0 aliphatic carbocycles. The minimum absolute atomic E-state index is 0.0682. The Morgan fingerprint density at radius 3 is 2.28 bits per heavy atom. The molecule has 0 spiro atoms. The fraction of sp³-hybridized carbons (Fsp3) is 0.333. The van der Waals surface area contributed by atoms with Crippen molar-refractivity contribution in [3.8, 4) is 5.82 Å². The van der Waals surface area contributed by atoms with Gasteiger partial charge in [0.05, 0.1) is 5.69 Å². The number of imidazole rings is 1. The van der Waals surface area contributed by atoms with Crippen LogP contribution < -0.4 is 10.2 Å². The Bertz CT molecular complexity index is 1000. The number of piperazine rings is 1. The maximum atomic E-state index is 12.5. The van der Waals surface area contributed by atoms with Crippen LogP contribution in [-0.4, -0.2) is 56.6 Å². The maximum Gasteiger partial charge on any atom is 0.321 e. The van der Waals surface area contributed by atoms with Gasteiger partial charge in [-0.2, -0.15) is 0 Å². The Labute approximate surface area is 170 Å². The second-order valence-electron chi connectivity index (χ2n) is 7.29. The van der Waals surface area contributed by atoms with Crippen molar-refractivity contribution in [2.24, 2.45) is 0 Å². The van der Waals surface area contributed by atoms with Crippen molar-refractivity contribution in [3.63, 3.8) is 0 Å². The van der Waals surface area contributed by atoms with Gasteiger partial charge in [-0.25, -0.2) is 19.7 Å². The van der Waals surface area contributed by atoms with Crippen LogP contribution in [0.1, 0.15) is 17.0 Å². The lowest BCUT2D eigenvalue weighted by molar-refractivity contribution is 0.208. The van der Waals surface area contributed by atoms with Crippen LogP contribution in [0.25, 0.3) is 5.82 Å². The third-order valence-electron chi connectivity index (χ3n) is 5.33. The predicted octanol–water partition coefficient (Wildman–Crippen LogP) is 2.94. The van der Waals surface area contributed by atoms with E-state index < -0.39 is 0 Å². The van der Waals surface area contributed by atoms with Gasteiger partial charge in [0.15, 0.2) is 0 Å². The third kappa shape index (κ3) is 4.06. The van der Waals surface area contributed by atoms with Crippen molar-refractivity contribution in [1.29, 1.82) is 0 Å². The molecule has 29 heavy (non-hydrogen) atoms. The van der Waals surface area contributed by atoms with Crippen molar-refractivity contribution < 1.29 is 4.79 Å². The van der Waals surface area contributed by atoms with Crippen LogP contribution >= 0.6 is 0 Å². The molecule has 0 atom stereocenters. The molecule has 0 unspecified atom stereocenters. The van der Waals surface area contributed by atoms with Crippen molar-refractivity contribution in [2.45, 2.75) is 20.8 Å². The normalized spacial score (nSPS) is 14.2. The third-order valence-corrected chi connectivity index (χ3v) is 5.33. The van der Waals surface area contributed by atoms with Crippen LogP contribution in [0.4, 0.5) is 16.3 Å². The molecule has 0 saturated carbocycles. The molecule has 0 radical (unpaired) electrons. The molecule has 1 aromatic carbocycles. The number of nitrogens with zero attached hydrogens (tertiary/aromatic N) is 6. The molecular formula is C21H25N7O. The molecule has 3 aromatic rings. The number of hydrogen-bond donors (Lipinski definition) is 1. The predicted molar refractivity (Wildman–Crippen MR) is 113 cm³/mol. The molecule has 3 heterocycles. The van der Waals surface area contributed by atoms with Gasteiger partial charge in [0.2, 0.25) is 0 Å². The molecule has 1 aliphatic heterocycles. The topological polar surface area (TPSA) is 79.2 Å². The highest BCUT2D eigenvalue weighted by atomic mass is 16.2. The van der Waals surface area contributed by atoms with Gasteiger partial charge in [0.25, 0.3) is 0 Å². The summed E-state index contributed by atoms with van der Waals surface area (Å²) in [7, 11) is 0. The van der Waals surface area contributed by atoms with E-state index in [-0.39, 0.29) is 6.03 Å². The second-order valence-corrected chi connectivity index (χ2v) is 7.29.